The Bertz CT molecular complexity index is 1230. The second kappa shape index (κ2) is 14.7. The fourth-order valence-corrected chi connectivity index (χ4v) is 23.5. The molecule has 0 amide bonds. The van der Waals surface area contributed by atoms with Gasteiger partial charge in [-0.1, -0.05) is 0 Å². The first-order chi connectivity index (χ1) is 22.0. The fourth-order valence-electron chi connectivity index (χ4n) is 8.04. The average molecular weight is 732 g/mol. The summed E-state index contributed by atoms with van der Waals surface area (Å²) in [6.07, 6.45) is 8.44. The summed E-state index contributed by atoms with van der Waals surface area (Å²) in [5.74, 6) is 0. The predicted octanol–water partition coefficient (Wildman–Crippen LogP) is 12.8. The van der Waals surface area contributed by atoms with Gasteiger partial charge in [0.1, 0.15) is 0 Å². The molecular formula is C41H79O7Ti. The van der Waals surface area contributed by atoms with Crippen LogP contribution in [-0.2, 0) is 36.7 Å². The third kappa shape index (κ3) is 9.10. The maximum atomic E-state index is 17.9. The Kier molecular flexibility index (Phi) is 14.4. The monoisotopic (exact) mass is 732 g/mol. The van der Waals surface area contributed by atoms with Gasteiger partial charge in [-0.25, -0.2) is 0 Å². The van der Waals surface area contributed by atoms with Crippen molar-refractivity contribution in [2.24, 2.45) is 21.7 Å². The number of hydrogen-bond donors (Lipinski definition) is 1. The molecule has 0 aliphatic rings. The van der Waals surface area contributed by atoms with Crippen molar-refractivity contribution in [3.8, 4) is 0 Å². The molecule has 49 heavy (non-hydrogen) atoms. The van der Waals surface area contributed by atoms with Crippen molar-refractivity contribution in [1.29, 1.82) is 0 Å². The molecule has 289 valence electrons. The van der Waals surface area contributed by atoms with Crippen LogP contribution in [0.4, 0.5) is 0 Å². The number of hydrogen-bond acceptors (Lipinski definition) is 7. The molecule has 0 spiro atoms. The van der Waals surface area contributed by atoms with Crippen LogP contribution < -0.4 is 0 Å². The molecule has 0 atom stereocenters. The Balaban J connectivity index is 7.86. The Morgan fingerprint density at radius 3 is 1.02 bits per heavy atom. The average Bonchev–Trinajstić information content (AvgIpc) is 2.94. The van der Waals surface area contributed by atoms with E-state index in [1.165, 1.54) is 0 Å². The standard InChI is InChI=1S/3C10H19O.C5H11O.2C3H5.H2O2.O.Ti/c3*1-10(2,3)8-6-4-5-7-9-11;1-5(2,3)4-6;2*1-3-2;1-2;;/h3*4-8H2,1-3H3;4H2,1-3H3;2*3H,1-2H2;1-2H;;/q;;;-1;;;;;+2/p-1. The molecule has 0 aromatic carbocycles. The molecule has 0 saturated carbocycles. The van der Waals surface area contributed by atoms with Gasteiger partial charge < -0.3 is 0 Å². The molecule has 7 nitrogen and oxygen atoms in total. The van der Waals surface area contributed by atoms with Crippen LogP contribution in [0.25, 0.3) is 0 Å². The zero-order valence-electron chi connectivity index (χ0n) is 34.2. The van der Waals surface area contributed by atoms with E-state index in [4.69, 9.17) is 6.79 Å². The normalized spacial score (nSPS) is 16.5. The molecule has 8 heteroatoms. The SMILES string of the molecule is C=C[CH2][Ti](=[O])([CH2]C=C)([O]O)([O]CC(C)(C)C)([C](=O)CCCCCC(C)(C)C)([C](=O)CCCCCC(C)(C)C)[C](=O)CCCCCC(C)(C)C. The molecule has 0 aliphatic carbocycles. The van der Waals surface area contributed by atoms with Crippen LogP contribution in [-0.4, -0.2) is 24.1 Å². The van der Waals surface area contributed by atoms with E-state index in [1.54, 1.807) is 20.8 Å². The van der Waals surface area contributed by atoms with Gasteiger partial charge in [-0.2, -0.15) is 0 Å². The van der Waals surface area contributed by atoms with Crippen LogP contribution in [0.5, 0.6) is 0 Å². The molecule has 1 N–H and O–H groups in total. The van der Waals surface area contributed by atoms with Crippen molar-refractivity contribution >= 4 is 12.3 Å². The van der Waals surface area contributed by atoms with Crippen molar-refractivity contribution in [1.82, 2.24) is 0 Å². The van der Waals surface area contributed by atoms with Gasteiger partial charge >= 0.3 is 297 Å². The van der Waals surface area contributed by atoms with Gasteiger partial charge in [-0.15, -0.1) is 0 Å². The predicted molar refractivity (Wildman–Crippen MR) is 202 cm³/mol. The molecule has 0 heterocycles. The van der Waals surface area contributed by atoms with E-state index in [-0.39, 0.29) is 35.5 Å². The van der Waals surface area contributed by atoms with Crippen molar-refractivity contribution in [2.45, 2.75) is 189 Å². The molecular weight excluding hydrogens is 652 g/mol. The van der Waals surface area contributed by atoms with Crippen LogP contribution in [0.3, 0.4) is 0 Å². The summed E-state index contributed by atoms with van der Waals surface area (Å²) in [5.41, 5.74) is -0.552. The van der Waals surface area contributed by atoms with E-state index >= 15 is 17.7 Å². The van der Waals surface area contributed by atoms with Crippen LogP contribution in [0.2, 0.25) is 9.45 Å². The summed E-state index contributed by atoms with van der Waals surface area (Å²) in [5, 5.41) is 11.7. The van der Waals surface area contributed by atoms with Gasteiger partial charge in [0.05, 0.1) is 0 Å². The Hall–Kier alpha value is -1.12. The van der Waals surface area contributed by atoms with E-state index in [0.29, 0.717) is 19.3 Å². The third-order valence-electron chi connectivity index (χ3n) is 11.6. The Morgan fingerprint density at radius 1 is 0.531 bits per heavy atom. The minimum atomic E-state index is -10.0. The summed E-state index contributed by atoms with van der Waals surface area (Å²) in [4.78, 5) is 46.7. The summed E-state index contributed by atoms with van der Waals surface area (Å²) < 4.78 is 24.1. The molecule has 0 fully saturated rings. The minimum absolute atomic E-state index is 0.0787. The maximum absolute atomic E-state index is 17.9. The molecule has 0 aromatic heterocycles. The Labute approximate surface area is 295 Å². The van der Waals surface area contributed by atoms with Crippen molar-refractivity contribution in [3.63, 3.8) is 0 Å². The first-order valence-electron chi connectivity index (χ1n) is 19.3. The van der Waals surface area contributed by atoms with Crippen LogP contribution in [0.1, 0.15) is 179 Å². The quantitative estimate of drug-likeness (QED) is 0.0327. The summed E-state index contributed by atoms with van der Waals surface area (Å²) in [6.45, 7) is 31.8. The second-order valence-electron chi connectivity index (χ2n) is 21.3. The molecule has 0 aromatic rings. The molecule has 0 rings (SSSR count). The number of unbranched alkanes of at least 4 members (excludes halogenated alkanes) is 6. The van der Waals surface area contributed by atoms with Gasteiger partial charge in [-0.3, -0.25) is 0 Å². The van der Waals surface area contributed by atoms with Crippen molar-refractivity contribution in [3.05, 3.63) is 25.3 Å². The number of rotatable bonds is 25. The molecule has 0 aliphatic heterocycles. The van der Waals surface area contributed by atoms with E-state index in [9.17, 15) is 5.26 Å². The van der Waals surface area contributed by atoms with Crippen LogP contribution >= 0.6 is 0 Å². The van der Waals surface area contributed by atoms with Crippen molar-refractivity contribution in [2.75, 3.05) is 6.61 Å². The van der Waals surface area contributed by atoms with Gasteiger partial charge in [-0.05, 0) is 0 Å². The van der Waals surface area contributed by atoms with Crippen LogP contribution in [0, 0.1) is 21.7 Å². The molecule has 0 radical (unpaired) electrons. The number of carbonyl (C=O) groups is 3. The van der Waals surface area contributed by atoms with Gasteiger partial charge in [0.2, 0.25) is 0 Å². The van der Waals surface area contributed by atoms with Crippen molar-refractivity contribution < 1.29 is 42.0 Å². The van der Waals surface area contributed by atoms with E-state index in [0.717, 1.165) is 50.7 Å². The van der Waals surface area contributed by atoms with Gasteiger partial charge in [0.15, 0.2) is 0 Å². The number of carbonyl (C=O) groups excluding carboxylic acids is 3. The summed E-state index contributed by atoms with van der Waals surface area (Å²) >= 11 is -10.0. The molecule has 0 saturated heterocycles. The molecule has 0 bridgehead atoms. The molecule has 0 unspecified atom stereocenters. The first-order valence-corrected chi connectivity index (χ1v) is 25.7. The summed E-state index contributed by atoms with van der Waals surface area (Å²) in [6, 6.07) is 0. The van der Waals surface area contributed by atoms with Gasteiger partial charge in [0, 0.05) is 0 Å². The van der Waals surface area contributed by atoms with Crippen LogP contribution in [0.15, 0.2) is 25.3 Å². The zero-order valence-corrected chi connectivity index (χ0v) is 35.8. The fraction of sp³-hybridized carbons (Fsp3) is 0.829. The first kappa shape index (κ1) is 47.9. The Morgan fingerprint density at radius 2 is 0.816 bits per heavy atom. The van der Waals surface area contributed by atoms with E-state index in [2.05, 4.69) is 75.5 Å². The van der Waals surface area contributed by atoms with E-state index < -0.39 is 65.2 Å². The van der Waals surface area contributed by atoms with Gasteiger partial charge in [0.25, 0.3) is 0 Å². The zero-order chi connectivity index (χ0) is 38.6. The second-order valence-corrected chi connectivity index (χ2v) is 37.5. The van der Waals surface area contributed by atoms with E-state index in [1.807, 2.05) is 0 Å². The topological polar surface area (TPSA) is 107 Å². The third-order valence-corrected chi connectivity index (χ3v) is 30.5. The number of allylic oxidation sites excluding steroid dienone is 2. The summed E-state index contributed by atoms with van der Waals surface area (Å²) in [7, 11) is 0.